The van der Waals surface area contributed by atoms with Crippen molar-refractivity contribution in [2.75, 3.05) is 0 Å². The fourth-order valence-corrected chi connectivity index (χ4v) is 15.5. The number of pyridine rings is 6. The van der Waals surface area contributed by atoms with E-state index in [1.807, 2.05) is 104 Å². The van der Waals surface area contributed by atoms with E-state index in [4.69, 9.17) is 0 Å². The van der Waals surface area contributed by atoms with Crippen molar-refractivity contribution in [3.8, 4) is 68.1 Å². The molecule has 21 aromatic rings. The van der Waals surface area contributed by atoms with E-state index >= 15 is 0 Å². The van der Waals surface area contributed by atoms with Crippen molar-refractivity contribution in [3.05, 3.63) is 304 Å². The fraction of sp³-hybridized carbons (Fsp3) is 0.0698. The molecular weight excluding hydrogens is 2090 g/mol. The van der Waals surface area contributed by atoms with Crippen LogP contribution in [-0.2, 0) is 93.8 Å². The van der Waals surface area contributed by atoms with Crippen molar-refractivity contribution >= 4 is 128 Å². The molecule has 117 heavy (non-hydrogen) atoms. The molecule has 3 radical (unpaired) electrons. The molecule has 0 aliphatic rings. The molecule has 0 spiro atoms. The Labute approximate surface area is 714 Å². The molecule has 0 bridgehead atoms. The van der Waals surface area contributed by atoms with Crippen LogP contribution in [-0.4, -0.2) is 65.1 Å². The number of aromatic nitrogens is 19. The molecule has 0 amide bonds. The topological polar surface area (TPSA) is 222 Å². The van der Waals surface area contributed by atoms with Gasteiger partial charge in [0.15, 0.2) is 46.9 Å². The molecule has 19 nitrogen and oxygen atoms in total. The summed E-state index contributed by atoms with van der Waals surface area (Å²) in [5.74, 6) is -1.25. The van der Waals surface area contributed by atoms with Crippen LogP contribution in [0.2, 0.25) is 0 Å². The fourth-order valence-electron chi connectivity index (χ4n) is 12.3. The van der Waals surface area contributed by atoms with Crippen LogP contribution >= 0.6 is 34.0 Å². The summed E-state index contributed by atoms with van der Waals surface area (Å²) in [5.41, 5.74) is 12.9. The molecule has 0 fully saturated rings. The molecule has 585 valence electrons. The zero-order valence-electron chi connectivity index (χ0n) is 61.4. The number of nitrogens with zero attached hydrogens (tertiary/aromatic N) is 19. The molecule has 31 heteroatoms. The van der Waals surface area contributed by atoms with E-state index in [1.54, 1.807) is 143 Å². The number of hydrogen-bond donors (Lipinski definition) is 0. The van der Waals surface area contributed by atoms with E-state index in [1.165, 1.54) is 60.5 Å². The van der Waals surface area contributed by atoms with Gasteiger partial charge in [0.2, 0.25) is 5.69 Å². The Morgan fingerprint density at radius 1 is 0.350 bits per heavy atom. The van der Waals surface area contributed by atoms with Gasteiger partial charge in [-0.25, -0.2) is 28.7 Å². The average molecular weight is 2140 g/mol. The number of fused-ring (bicyclic) bond motifs is 12. The molecule has 0 N–H and O–H groups in total. The number of rotatable bonds is 6. The summed E-state index contributed by atoms with van der Waals surface area (Å²) in [6.07, 6.45) is 7.00. The maximum atomic E-state index is 12.3. The van der Waals surface area contributed by atoms with Crippen LogP contribution in [0.15, 0.2) is 268 Å². The Morgan fingerprint density at radius 3 is 1.07 bits per heavy atom. The first kappa shape index (κ1) is 83.0. The van der Waals surface area contributed by atoms with Crippen molar-refractivity contribution in [1.29, 1.82) is 0 Å². The quantitative estimate of drug-likeness (QED) is 0.0858. The Bertz CT molecular complexity index is 6530. The second kappa shape index (κ2) is 36.4. The Kier molecular flexibility index (Phi) is 25.8. The minimum atomic E-state index is -4.56. The van der Waals surface area contributed by atoms with E-state index in [0.717, 1.165) is 73.5 Å². The van der Waals surface area contributed by atoms with Crippen molar-refractivity contribution in [2.45, 2.75) is 19.3 Å². The first-order chi connectivity index (χ1) is 55.4. The van der Waals surface area contributed by atoms with E-state index in [0.29, 0.717) is 28.3 Å². The second-order valence-corrected chi connectivity index (χ2v) is 28.8. The first-order valence-electron chi connectivity index (χ1n) is 35.0. The largest absolute Gasteiger partial charge is 0.570 e. The van der Waals surface area contributed by atoms with Gasteiger partial charge in [-0.05, 0) is 133 Å². The summed E-state index contributed by atoms with van der Waals surface area (Å²) in [5, 5.41) is 28.6. The van der Waals surface area contributed by atoms with Crippen molar-refractivity contribution in [1.82, 2.24) is 80.4 Å². The number of thiophene rings is 3. The van der Waals surface area contributed by atoms with Crippen molar-refractivity contribution in [2.24, 2.45) is 21.1 Å². The van der Waals surface area contributed by atoms with E-state index < -0.39 is 23.9 Å². The first-order valence-corrected chi connectivity index (χ1v) is 37.4. The zero-order chi connectivity index (χ0) is 78.5. The molecule has 0 unspecified atom stereocenters. The smallest absolute Gasteiger partial charge is 0.431 e. The summed E-state index contributed by atoms with van der Waals surface area (Å²) >= 11 is 5.37. The molecule has 0 aliphatic heterocycles. The van der Waals surface area contributed by atoms with Crippen LogP contribution in [0.25, 0.3) is 162 Å². The van der Waals surface area contributed by atoms with Gasteiger partial charge >= 0.3 is 12.4 Å². The second-order valence-electron chi connectivity index (χ2n) is 25.5. The van der Waals surface area contributed by atoms with Crippen LogP contribution < -0.4 is 29.0 Å². The van der Waals surface area contributed by atoms with Crippen molar-refractivity contribution < 1.29 is 100 Å². The van der Waals surface area contributed by atoms with Gasteiger partial charge < -0.3 is 30.5 Å². The van der Waals surface area contributed by atoms with Gasteiger partial charge in [0, 0.05) is 177 Å². The average Bonchev–Trinajstić information content (AvgIpc) is 1.60. The van der Waals surface area contributed by atoms with Crippen LogP contribution in [0, 0.1) is 25.1 Å². The van der Waals surface area contributed by atoms with Crippen molar-refractivity contribution in [3.63, 3.8) is 0 Å². The molecule has 0 saturated heterocycles. The van der Waals surface area contributed by atoms with Gasteiger partial charge in [-0.15, -0.1) is 71.3 Å². The maximum absolute atomic E-state index is 12.3. The summed E-state index contributed by atoms with van der Waals surface area (Å²) in [6.45, 7) is 1.94. The van der Waals surface area contributed by atoms with E-state index in [-0.39, 0.29) is 71.8 Å². The summed E-state index contributed by atoms with van der Waals surface area (Å²) < 4.78 is 86.6. The van der Waals surface area contributed by atoms with Crippen LogP contribution in [0.3, 0.4) is 0 Å². The van der Waals surface area contributed by atoms with Gasteiger partial charge in [-0.1, -0.05) is 70.8 Å². The standard InChI is InChI=1S/3C19H10N3S.C10H8F3N3.C10H11N3.C9H7F3N4.3Ir/c3*1-2-6-17-13(4-1)14-10-12(7-8-18(14)23-17)16-11-21-15-5-3-9-20-19(15)22-16;1-16-5-3-2-4-8(16)7-6-9(15-14-7)10(11,12)13;1-8-7-9(12-11-8)10-5-3-4-6-13(10)2;1-16-5-3-2-4-6(16)7-13-8(15-14-7)9(10,11)12;;;/h3*1-6,8-11H;2-6H,1H3;3-7H,1-2H3;2-5H,1H3;;;/q3*-1;;;;;;. The third-order valence-corrected chi connectivity index (χ3v) is 21.2. The SMILES string of the molecule is C[n+]1ccccc1-c1cc(C(F)(F)F)n[n-]1.C[n+]1ccccc1-c1nc(C(F)(F)F)n[n-]1.Cc1cc(-c2cccc[n+]2C)[n-]n1.[Ir].[Ir].[Ir].[c-]1cc2sc3ccccc3c2cc1-c1cnc2cccnc2n1.[c-]1cc2sc3ccccc3c2cc1-c1cnc2cccnc2n1.[c-]1cc2sc3ccccc3c2cc1-c1cnc2cccnc2n1. The molecule has 21 rings (SSSR count). The molecule has 0 atom stereocenters. The molecule has 15 heterocycles. The molecule has 6 aromatic carbocycles. The van der Waals surface area contributed by atoms with Gasteiger partial charge in [0.1, 0.15) is 49.2 Å². The molecule has 0 aliphatic carbocycles. The third-order valence-electron chi connectivity index (χ3n) is 17.8. The Hall–Kier alpha value is -12.0. The predicted molar refractivity (Wildman–Crippen MR) is 429 cm³/mol. The third kappa shape index (κ3) is 18.8. The normalized spacial score (nSPS) is 11.1. The number of halogens is 6. The maximum Gasteiger partial charge on any atom is 0.431 e. The van der Waals surface area contributed by atoms with Gasteiger partial charge in [0.05, 0.1) is 0 Å². The van der Waals surface area contributed by atoms with Gasteiger partial charge in [0.25, 0.3) is 0 Å². The predicted octanol–water partition coefficient (Wildman–Crippen LogP) is 17.9. The number of benzene rings is 6. The summed E-state index contributed by atoms with van der Waals surface area (Å²) in [7, 11) is 5.43. The minimum Gasteiger partial charge on any atom is -0.570 e. The van der Waals surface area contributed by atoms with Crippen LogP contribution in [0.4, 0.5) is 26.3 Å². The van der Waals surface area contributed by atoms with E-state index in [9.17, 15) is 26.3 Å². The minimum absolute atomic E-state index is 0. The Balaban J connectivity index is 0.000000123. The van der Waals surface area contributed by atoms with Gasteiger partial charge in [-0.3, -0.25) is 35.0 Å². The van der Waals surface area contributed by atoms with E-state index in [2.05, 4.69) is 190 Å². The Morgan fingerprint density at radius 2 is 0.718 bits per heavy atom. The molecule has 0 saturated carbocycles. The van der Waals surface area contributed by atoms with Crippen LogP contribution in [0.1, 0.15) is 17.2 Å². The zero-order valence-corrected chi connectivity index (χ0v) is 71.0. The molecule has 15 aromatic heterocycles. The number of alkyl halides is 6. The van der Waals surface area contributed by atoms with Crippen LogP contribution in [0.5, 0.6) is 0 Å². The monoisotopic (exact) mass is 2140 g/mol. The number of hydrogen-bond acceptors (Lipinski definition) is 16. The summed E-state index contributed by atoms with van der Waals surface area (Å²) in [6, 6.07) is 78.5. The van der Waals surface area contributed by atoms with Gasteiger partial charge in [-0.2, -0.15) is 60.4 Å². The summed E-state index contributed by atoms with van der Waals surface area (Å²) in [4.78, 5) is 43.4. The molecular formula is C86H56F6Ir3N19S3-3. The number of aryl methyl sites for hydroxylation is 4.